The standard InChI is InChI=1S/C21H23N3O3/c25-21(23-13-16-8-9-26-14-16)20-11-18(27-24-20)6-3-4-15-10-17-5-1-2-7-19(17)22-12-15/h1-2,5,7,10-12,16H,3-4,6,8-9,13-14H2,(H,23,25). The van der Waals surface area contributed by atoms with Gasteiger partial charge in [0, 0.05) is 43.1 Å². The second-order valence-electron chi connectivity index (χ2n) is 7.01. The molecule has 2 aromatic heterocycles. The van der Waals surface area contributed by atoms with Gasteiger partial charge in [-0.2, -0.15) is 0 Å². The summed E-state index contributed by atoms with van der Waals surface area (Å²) in [5, 5.41) is 7.95. The maximum Gasteiger partial charge on any atom is 0.273 e. The molecule has 1 amide bonds. The fourth-order valence-corrected chi connectivity index (χ4v) is 3.33. The molecule has 1 saturated heterocycles. The van der Waals surface area contributed by atoms with Crippen LogP contribution in [-0.2, 0) is 17.6 Å². The molecule has 4 rings (SSSR count). The molecule has 1 aliphatic rings. The highest BCUT2D eigenvalue weighted by Gasteiger charge is 2.18. The highest BCUT2D eigenvalue weighted by atomic mass is 16.5. The van der Waals surface area contributed by atoms with Gasteiger partial charge in [0.1, 0.15) is 5.76 Å². The third-order valence-corrected chi connectivity index (χ3v) is 4.90. The molecule has 1 aliphatic heterocycles. The number of ether oxygens (including phenoxy) is 1. The molecule has 6 nitrogen and oxygen atoms in total. The van der Waals surface area contributed by atoms with Crippen molar-refractivity contribution in [2.24, 2.45) is 5.92 Å². The van der Waals surface area contributed by atoms with Gasteiger partial charge in [0.2, 0.25) is 0 Å². The van der Waals surface area contributed by atoms with E-state index in [4.69, 9.17) is 9.26 Å². The fourth-order valence-electron chi connectivity index (χ4n) is 3.33. The minimum Gasteiger partial charge on any atom is -0.381 e. The van der Waals surface area contributed by atoms with E-state index < -0.39 is 0 Å². The SMILES string of the molecule is O=C(NCC1CCOC1)c1cc(CCCc2cnc3ccccc3c2)on1. The molecular formula is C21H23N3O3. The quantitative estimate of drug-likeness (QED) is 0.696. The molecule has 3 aromatic rings. The van der Waals surface area contributed by atoms with Gasteiger partial charge in [-0.25, -0.2) is 0 Å². The van der Waals surface area contributed by atoms with Crippen LogP contribution >= 0.6 is 0 Å². The van der Waals surface area contributed by atoms with Crippen molar-refractivity contribution in [1.29, 1.82) is 0 Å². The maximum atomic E-state index is 12.2. The lowest BCUT2D eigenvalue weighted by Crippen LogP contribution is -2.29. The van der Waals surface area contributed by atoms with E-state index in [-0.39, 0.29) is 5.91 Å². The van der Waals surface area contributed by atoms with E-state index in [1.807, 2.05) is 24.4 Å². The summed E-state index contributed by atoms with van der Waals surface area (Å²) in [6.45, 7) is 2.12. The van der Waals surface area contributed by atoms with E-state index in [2.05, 4.69) is 27.6 Å². The molecule has 1 unspecified atom stereocenters. The van der Waals surface area contributed by atoms with Gasteiger partial charge in [0.05, 0.1) is 12.1 Å². The summed E-state index contributed by atoms with van der Waals surface area (Å²) in [7, 11) is 0. The number of aryl methyl sites for hydroxylation is 2. The van der Waals surface area contributed by atoms with Crippen molar-refractivity contribution >= 4 is 16.8 Å². The summed E-state index contributed by atoms with van der Waals surface area (Å²) in [6, 6.07) is 12.0. The Hall–Kier alpha value is -2.73. The number of fused-ring (bicyclic) bond motifs is 1. The number of rotatable bonds is 7. The molecule has 1 aromatic carbocycles. The van der Waals surface area contributed by atoms with Gasteiger partial charge in [-0.15, -0.1) is 0 Å². The van der Waals surface area contributed by atoms with Crippen LogP contribution in [0.25, 0.3) is 10.9 Å². The minimum absolute atomic E-state index is 0.185. The zero-order valence-corrected chi connectivity index (χ0v) is 15.2. The zero-order valence-electron chi connectivity index (χ0n) is 15.2. The van der Waals surface area contributed by atoms with Gasteiger partial charge in [-0.1, -0.05) is 23.4 Å². The summed E-state index contributed by atoms with van der Waals surface area (Å²) < 4.78 is 10.6. The number of benzene rings is 1. The Labute approximate surface area is 157 Å². The van der Waals surface area contributed by atoms with Gasteiger partial charge in [0.15, 0.2) is 5.69 Å². The van der Waals surface area contributed by atoms with E-state index >= 15 is 0 Å². The number of amides is 1. The van der Waals surface area contributed by atoms with Crippen LogP contribution < -0.4 is 5.32 Å². The highest BCUT2D eigenvalue weighted by Crippen LogP contribution is 2.15. The van der Waals surface area contributed by atoms with E-state index in [0.717, 1.165) is 49.0 Å². The Morgan fingerprint density at radius 1 is 1.22 bits per heavy atom. The Balaban J connectivity index is 1.26. The maximum absolute atomic E-state index is 12.2. The average Bonchev–Trinajstić information content (AvgIpc) is 3.38. The van der Waals surface area contributed by atoms with Crippen molar-refractivity contribution in [1.82, 2.24) is 15.5 Å². The lowest BCUT2D eigenvalue weighted by atomic mass is 10.1. The Morgan fingerprint density at radius 3 is 3.04 bits per heavy atom. The first-order valence-electron chi connectivity index (χ1n) is 9.43. The Kier molecular flexibility index (Phi) is 5.44. The van der Waals surface area contributed by atoms with Crippen molar-refractivity contribution in [2.45, 2.75) is 25.7 Å². The van der Waals surface area contributed by atoms with E-state index in [9.17, 15) is 4.79 Å². The van der Waals surface area contributed by atoms with Crippen LogP contribution in [0.1, 0.15) is 34.7 Å². The van der Waals surface area contributed by atoms with Crippen LogP contribution in [0.3, 0.4) is 0 Å². The predicted octanol–water partition coefficient (Wildman–Crippen LogP) is 3.16. The molecule has 1 atom stereocenters. The molecule has 0 radical (unpaired) electrons. The molecule has 1 N–H and O–H groups in total. The smallest absolute Gasteiger partial charge is 0.273 e. The lowest BCUT2D eigenvalue weighted by Gasteiger charge is -2.07. The van der Waals surface area contributed by atoms with Crippen LogP contribution in [0.15, 0.2) is 47.1 Å². The number of para-hydroxylation sites is 1. The Morgan fingerprint density at radius 2 is 2.15 bits per heavy atom. The molecular weight excluding hydrogens is 342 g/mol. The summed E-state index contributed by atoms with van der Waals surface area (Å²) >= 11 is 0. The molecule has 3 heterocycles. The molecule has 6 heteroatoms. The summed E-state index contributed by atoms with van der Waals surface area (Å²) in [5.41, 5.74) is 2.55. The van der Waals surface area contributed by atoms with E-state index in [1.165, 1.54) is 5.56 Å². The van der Waals surface area contributed by atoms with Crippen LogP contribution in [0, 0.1) is 5.92 Å². The number of nitrogens with one attached hydrogen (secondary N) is 1. The number of carbonyl (C=O) groups excluding carboxylic acids is 1. The van der Waals surface area contributed by atoms with Gasteiger partial charge in [-0.05, 0) is 37.0 Å². The van der Waals surface area contributed by atoms with Crippen molar-refractivity contribution in [3.05, 3.63) is 59.6 Å². The second-order valence-corrected chi connectivity index (χ2v) is 7.01. The molecule has 1 fully saturated rings. The third kappa shape index (κ3) is 4.52. The average molecular weight is 365 g/mol. The summed E-state index contributed by atoms with van der Waals surface area (Å²) in [6.07, 6.45) is 5.48. The van der Waals surface area contributed by atoms with Crippen molar-refractivity contribution in [3.63, 3.8) is 0 Å². The molecule has 0 spiro atoms. The van der Waals surface area contributed by atoms with Crippen molar-refractivity contribution < 1.29 is 14.1 Å². The minimum atomic E-state index is -0.185. The van der Waals surface area contributed by atoms with Crippen LogP contribution in [0.5, 0.6) is 0 Å². The van der Waals surface area contributed by atoms with Crippen molar-refractivity contribution in [2.75, 3.05) is 19.8 Å². The summed E-state index contributed by atoms with van der Waals surface area (Å²) in [5.74, 6) is 0.949. The summed E-state index contributed by atoms with van der Waals surface area (Å²) in [4.78, 5) is 16.6. The number of hydrogen-bond donors (Lipinski definition) is 1. The monoisotopic (exact) mass is 365 g/mol. The van der Waals surface area contributed by atoms with Crippen LogP contribution in [0.2, 0.25) is 0 Å². The Bertz CT molecular complexity index is 916. The second kappa shape index (κ2) is 8.31. The third-order valence-electron chi connectivity index (χ3n) is 4.90. The molecule has 0 aliphatic carbocycles. The van der Waals surface area contributed by atoms with E-state index in [0.29, 0.717) is 24.8 Å². The predicted molar refractivity (Wildman–Crippen MR) is 102 cm³/mol. The molecule has 0 saturated carbocycles. The molecule has 27 heavy (non-hydrogen) atoms. The van der Waals surface area contributed by atoms with Gasteiger partial charge < -0.3 is 14.6 Å². The first-order valence-corrected chi connectivity index (χ1v) is 9.43. The number of nitrogens with zero attached hydrogens (tertiary/aromatic N) is 2. The number of carbonyl (C=O) groups is 1. The highest BCUT2D eigenvalue weighted by molar-refractivity contribution is 5.92. The van der Waals surface area contributed by atoms with Gasteiger partial charge >= 0.3 is 0 Å². The topological polar surface area (TPSA) is 77.2 Å². The number of aromatic nitrogens is 2. The zero-order chi connectivity index (χ0) is 18.5. The van der Waals surface area contributed by atoms with Gasteiger partial charge in [-0.3, -0.25) is 9.78 Å². The number of pyridine rings is 1. The van der Waals surface area contributed by atoms with Gasteiger partial charge in [0.25, 0.3) is 5.91 Å². The molecule has 0 bridgehead atoms. The molecule has 140 valence electrons. The first-order chi connectivity index (χ1) is 13.3. The largest absolute Gasteiger partial charge is 0.381 e. The normalized spacial score (nSPS) is 16.7. The van der Waals surface area contributed by atoms with E-state index in [1.54, 1.807) is 6.07 Å². The fraction of sp³-hybridized carbons (Fsp3) is 0.381. The van der Waals surface area contributed by atoms with Crippen LogP contribution in [-0.4, -0.2) is 35.8 Å². The lowest BCUT2D eigenvalue weighted by molar-refractivity contribution is 0.0936. The van der Waals surface area contributed by atoms with Crippen LogP contribution in [0.4, 0.5) is 0 Å². The van der Waals surface area contributed by atoms with Crippen molar-refractivity contribution in [3.8, 4) is 0 Å². The first kappa shape index (κ1) is 17.7. The number of hydrogen-bond acceptors (Lipinski definition) is 5.